The molecule has 74 valence electrons. The molecule has 1 rings (SSSR count). The summed E-state index contributed by atoms with van der Waals surface area (Å²) in [6.07, 6.45) is 0. The summed E-state index contributed by atoms with van der Waals surface area (Å²) in [4.78, 5) is 0. The highest BCUT2D eigenvalue weighted by molar-refractivity contribution is 5.13. The van der Waals surface area contributed by atoms with E-state index in [1.165, 1.54) is 11.4 Å². The SMILES string of the molecule is Cc1ccc(C)n1CCNC(C)C. The summed E-state index contributed by atoms with van der Waals surface area (Å²) in [5, 5.41) is 3.42. The maximum absolute atomic E-state index is 3.42. The minimum atomic E-state index is 0.580. The zero-order chi connectivity index (χ0) is 9.84. The van der Waals surface area contributed by atoms with E-state index in [4.69, 9.17) is 0 Å². The van der Waals surface area contributed by atoms with Crippen LogP contribution >= 0.6 is 0 Å². The summed E-state index contributed by atoms with van der Waals surface area (Å²) >= 11 is 0. The van der Waals surface area contributed by atoms with Crippen LogP contribution in [0.4, 0.5) is 0 Å². The molecule has 2 nitrogen and oxygen atoms in total. The van der Waals surface area contributed by atoms with Crippen molar-refractivity contribution in [2.45, 2.75) is 40.3 Å². The number of aryl methyl sites for hydroxylation is 2. The van der Waals surface area contributed by atoms with Crippen molar-refractivity contribution in [3.8, 4) is 0 Å². The molecule has 0 saturated heterocycles. The fourth-order valence-electron chi connectivity index (χ4n) is 1.52. The second-order valence-electron chi connectivity index (χ2n) is 3.88. The monoisotopic (exact) mass is 180 g/mol. The van der Waals surface area contributed by atoms with Crippen LogP contribution < -0.4 is 5.32 Å². The molecule has 0 fully saturated rings. The predicted molar refractivity (Wildman–Crippen MR) is 57.0 cm³/mol. The zero-order valence-corrected chi connectivity index (χ0v) is 9.09. The lowest BCUT2D eigenvalue weighted by molar-refractivity contribution is 0.533. The van der Waals surface area contributed by atoms with Gasteiger partial charge in [-0.2, -0.15) is 0 Å². The summed E-state index contributed by atoms with van der Waals surface area (Å²) in [6, 6.07) is 4.92. The molecule has 0 aliphatic heterocycles. The van der Waals surface area contributed by atoms with Crippen molar-refractivity contribution in [3.05, 3.63) is 23.5 Å². The van der Waals surface area contributed by atoms with Crippen molar-refractivity contribution in [1.29, 1.82) is 0 Å². The molecule has 0 atom stereocenters. The van der Waals surface area contributed by atoms with Crippen LogP contribution in [0.1, 0.15) is 25.2 Å². The minimum Gasteiger partial charge on any atom is -0.348 e. The fraction of sp³-hybridized carbons (Fsp3) is 0.636. The van der Waals surface area contributed by atoms with Crippen molar-refractivity contribution in [2.24, 2.45) is 0 Å². The third-order valence-corrected chi connectivity index (χ3v) is 2.31. The third kappa shape index (κ3) is 2.88. The van der Waals surface area contributed by atoms with Gasteiger partial charge in [0.05, 0.1) is 0 Å². The zero-order valence-electron chi connectivity index (χ0n) is 9.09. The molecule has 0 amide bonds. The Balaban J connectivity index is 2.44. The number of hydrogen-bond donors (Lipinski definition) is 1. The van der Waals surface area contributed by atoms with Gasteiger partial charge in [-0.05, 0) is 26.0 Å². The highest BCUT2D eigenvalue weighted by Gasteiger charge is 1.99. The van der Waals surface area contributed by atoms with Crippen LogP contribution in [0.5, 0.6) is 0 Å². The predicted octanol–water partition coefficient (Wildman–Crippen LogP) is 2.10. The molecular weight excluding hydrogens is 160 g/mol. The summed E-state index contributed by atoms with van der Waals surface area (Å²) in [7, 11) is 0. The van der Waals surface area contributed by atoms with Crippen LogP contribution in [0.25, 0.3) is 0 Å². The van der Waals surface area contributed by atoms with Crippen molar-refractivity contribution in [3.63, 3.8) is 0 Å². The molecule has 0 aliphatic carbocycles. The lowest BCUT2D eigenvalue weighted by atomic mass is 10.4. The summed E-state index contributed by atoms with van der Waals surface area (Å²) in [5.74, 6) is 0. The molecule has 0 unspecified atom stereocenters. The Morgan fingerprint density at radius 2 is 1.77 bits per heavy atom. The van der Waals surface area contributed by atoms with E-state index in [0.29, 0.717) is 6.04 Å². The van der Waals surface area contributed by atoms with Crippen molar-refractivity contribution < 1.29 is 0 Å². The first-order valence-corrected chi connectivity index (χ1v) is 4.97. The van der Waals surface area contributed by atoms with Crippen LogP contribution in [0.3, 0.4) is 0 Å². The van der Waals surface area contributed by atoms with Gasteiger partial charge in [-0.25, -0.2) is 0 Å². The van der Waals surface area contributed by atoms with Gasteiger partial charge in [0, 0.05) is 30.5 Å². The van der Waals surface area contributed by atoms with Gasteiger partial charge in [-0.1, -0.05) is 13.8 Å². The quantitative estimate of drug-likeness (QED) is 0.751. The number of hydrogen-bond acceptors (Lipinski definition) is 1. The normalized spacial score (nSPS) is 11.2. The molecule has 2 heteroatoms. The van der Waals surface area contributed by atoms with E-state index in [-0.39, 0.29) is 0 Å². The Bertz CT molecular complexity index is 242. The molecule has 0 spiro atoms. The van der Waals surface area contributed by atoms with E-state index in [1.54, 1.807) is 0 Å². The van der Waals surface area contributed by atoms with Crippen molar-refractivity contribution in [1.82, 2.24) is 9.88 Å². The molecule has 0 aromatic carbocycles. The smallest absolute Gasteiger partial charge is 0.0349 e. The van der Waals surface area contributed by atoms with E-state index in [2.05, 4.69) is 49.7 Å². The summed E-state index contributed by atoms with van der Waals surface area (Å²) in [6.45, 7) is 10.8. The molecule has 1 aromatic rings. The van der Waals surface area contributed by atoms with Gasteiger partial charge in [0.15, 0.2) is 0 Å². The first-order chi connectivity index (χ1) is 6.11. The molecular formula is C11H20N2. The highest BCUT2D eigenvalue weighted by atomic mass is 15.0. The maximum Gasteiger partial charge on any atom is 0.0349 e. The van der Waals surface area contributed by atoms with Gasteiger partial charge in [-0.15, -0.1) is 0 Å². The highest BCUT2D eigenvalue weighted by Crippen LogP contribution is 2.05. The lowest BCUT2D eigenvalue weighted by Crippen LogP contribution is -2.27. The Morgan fingerprint density at radius 3 is 2.23 bits per heavy atom. The lowest BCUT2D eigenvalue weighted by Gasteiger charge is -2.11. The van der Waals surface area contributed by atoms with Gasteiger partial charge < -0.3 is 9.88 Å². The summed E-state index contributed by atoms with van der Waals surface area (Å²) in [5.41, 5.74) is 2.70. The molecule has 0 saturated carbocycles. The average molecular weight is 180 g/mol. The van der Waals surface area contributed by atoms with Crippen molar-refractivity contribution >= 4 is 0 Å². The fourth-order valence-corrected chi connectivity index (χ4v) is 1.52. The Kier molecular flexibility index (Phi) is 3.55. The molecule has 0 aliphatic rings. The van der Waals surface area contributed by atoms with Crippen LogP contribution in [-0.2, 0) is 6.54 Å². The molecule has 13 heavy (non-hydrogen) atoms. The van der Waals surface area contributed by atoms with E-state index in [1.807, 2.05) is 0 Å². The van der Waals surface area contributed by atoms with Crippen LogP contribution in [0.15, 0.2) is 12.1 Å². The van der Waals surface area contributed by atoms with Crippen LogP contribution in [0.2, 0.25) is 0 Å². The Labute approximate surface area is 81.0 Å². The number of rotatable bonds is 4. The first kappa shape index (κ1) is 10.3. The van der Waals surface area contributed by atoms with E-state index < -0.39 is 0 Å². The van der Waals surface area contributed by atoms with Gasteiger partial charge in [0.1, 0.15) is 0 Å². The molecule has 0 bridgehead atoms. The first-order valence-electron chi connectivity index (χ1n) is 4.97. The van der Waals surface area contributed by atoms with Crippen LogP contribution in [-0.4, -0.2) is 17.2 Å². The molecule has 1 aromatic heterocycles. The van der Waals surface area contributed by atoms with Gasteiger partial charge in [-0.3, -0.25) is 0 Å². The second kappa shape index (κ2) is 4.47. The van der Waals surface area contributed by atoms with Gasteiger partial charge >= 0.3 is 0 Å². The largest absolute Gasteiger partial charge is 0.348 e. The average Bonchev–Trinajstić information content (AvgIpc) is 2.34. The van der Waals surface area contributed by atoms with Crippen LogP contribution in [0, 0.1) is 13.8 Å². The summed E-state index contributed by atoms with van der Waals surface area (Å²) < 4.78 is 2.34. The second-order valence-corrected chi connectivity index (χ2v) is 3.88. The third-order valence-electron chi connectivity index (χ3n) is 2.31. The van der Waals surface area contributed by atoms with Gasteiger partial charge in [0.2, 0.25) is 0 Å². The number of nitrogens with one attached hydrogen (secondary N) is 1. The Hall–Kier alpha value is -0.760. The molecule has 1 N–H and O–H groups in total. The number of nitrogens with zero attached hydrogens (tertiary/aromatic N) is 1. The Morgan fingerprint density at radius 1 is 1.23 bits per heavy atom. The minimum absolute atomic E-state index is 0.580. The van der Waals surface area contributed by atoms with E-state index >= 15 is 0 Å². The molecule has 0 radical (unpaired) electrons. The van der Waals surface area contributed by atoms with E-state index in [0.717, 1.165) is 13.1 Å². The topological polar surface area (TPSA) is 17.0 Å². The van der Waals surface area contributed by atoms with Gasteiger partial charge in [0.25, 0.3) is 0 Å². The maximum atomic E-state index is 3.42. The van der Waals surface area contributed by atoms with Crippen molar-refractivity contribution in [2.75, 3.05) is 6.54 Å². The molecule has 1 heterocycles. The number of aromatic nitrogens is 1. The standard InChI is InChI=1S/C11H20N2/c1-9(2)12-7-8-13-10(3)5-6-11(13)4/h5-6,9,12H,7-8H2,1-4H3. The van der Waals surface area contributed by atoms with E-state index in [9.17, 15) is 0 Å².